The summed E-state index contributed by atoms with van der Waals surface area (Å²) < 4.78 is 5.07. The highest BCUT2D eigenvalue weighted by atomic mass is 17.2. The highest BCUT2D eigenvalue weighted by Gasteiger charge is 2.06. The molecule has 0 aliphatic heterocycles. The molecule has 1 atom stereocenters. The minimum Gasteiger partial charge on any atom is -0.353 e. The molecule has 86 valence electrons. The topological polar surface area (TPSA) is 27.7 Å². The zero-order valence-electron chi connectivity index (χ0n) is 9.75. The minimum absolute atomic E-state index is 0.203. The predicted octanol–water partition coefficient (Wildman–Crippen LogP) is 3.29. The normalized spacial score (nSPS) is 13.1. The van der Waals surface area contributed by atoms with E-state index in [9.17, 15) is 0 Å². The average molecular weight is 204 g/mol. The monoisotopic (exact) mass is 204 g/mol. The van der Waals surface area contributed by atoms with Crippen LogP contribution in [-0.2, 0) is 14.5 Å². The lowest BCUT2D eigenvalue weighted by Crippen LogP contribution is -2.14. The molecule has 3 heteroatoms. The van der Waals surface area contributed by atoms with Gasteiger partial charge in [0.05, 0.1) is 7.11 Å². The van der Waals surface area contributed by atoms with Gasteiger partial charge >= 0.3 is 0 Å². The molecule has 0 amide bonds. The Bertz CT molecular complexity index is 107. The van der Waals surface area contributed by atoms with E-state index in [2.05, 4.69) is 11.8 Å². The summed E-state index contributed by atoms with van der Waals surface area (Å²) in [5.74, 6) is 0. The Morgan fingerprint density at radius 1 is 0.929 bits per heavy atom. The number of rotatable bonds is 10. The predicted molar refractivity (Wildman–Crippen MR) is 56.9 cm³/mol. The molecule has 0 aliphatic carbocycles. The van der Waals surface area contributed by atoms with Gasteiger partial charge in [-0.25, -0.2) is 9.78 Å². The number of hydrogen-bond donors (Lipinski definition) is 0. The largest absolute Gasteiger partial charge is 0.353 e. The molecule has 0 aromatic rings. The van der Waals surface area contributed by atoms with E-state index < -0.39 is 0 Å². The molecule has 14 heavy (non-hydrogen) atoms. The smallest absolute Gasteiger partial charge is 0.190 e. The van der Waals surface area contributed by atoms with E-state index in [-0.39, 0.29) is 6.29 Å². The third-order valence-corrected chi connectivity index (χ3v) is 2.26. The zero-order chi connectivity index (χ0) is 10.6. The van der Waals surface area contributed by atoms with E-state index in [4.69, 9.17) is 9.62 Å². The summed E-state index contributed by atoms with van der Waals surface area (Å²) in [6.07, 6.45) is 8.42. The average Bonchev–Trinajstić information content (AvgIpc) is 2.21. The summed E-state index contributed by atoms with van der Waals surface area (Å²) in [4.78, 5) is 9.46. The molecule has 0 fully saturated rings. The van der Waals surface area contributed by atoms with Crippen LogP contribution in [0, 0.1) is 0 Å². The minimum atomic E-state index is -0.203. The standard InChI is InChI=1S/C11H24O3/c1-4-5-6-7-8-9-10-11(12-2)14-13-3/h11H,4-10H2,1-3H3. The molecule has 0 saturated heterocycles. The maximum absolute atomic E-state index is 5.07. The highest BCUT2D eigenvalue weighted by molar-refractivity contribution is 4.47. The van der Waals surface area contributed by atoms with Crippen LogP contribution >= 0.6 is 0 Å². The first-order chi connectivity index (χ1) is 6.85. The van der Waals surface area contributed by atoms with E-state index in [1.165, 1.54) is 39.2 Å². The first kappa shape index (κ1) is 13.9. The second kappa shape index (κ2) is 11.0. The van der Waals surface area contributed by atoms with Gasteiger partial charge in [-0.05, 0) is 6.42 Å². The molecule has 3 nitrogen and oxygen atoms in total. The maximum Gasteiger partial charge on any atom is 0.190 e. The van der Waals surface area contributed by atoms with Gasteiger partial charge in [0.2, 0.25) is 0 Å². The summed E-state index contributed by atoms with van der Waals surface area (Å²) in [5, 5.41) is 0. The van der Waals surface area contributed by atoms with Crippen LogP contribution in [0.1, 0.15) is 51.9 Å². The van der Waals surface area contributed by atoms with Gasteiger partial charge in [0.25, 0.3) is 0 Å². The lowest BCUT2D eigenvalue weighted by Gasteiger charge is -2.12. The fraction of sp³-hybridized carbons (Fsp3) is 1.00. The maximum atomic E-state index is 5.07. The summed E-state index contributed by atoms with van der Waals surface area (Å²) in [5.41, 5.74) is 0. The van der Waals surface area contributed by atoms with Crippen molar-refractivity contribution >= 4 is 0 Å². The Hall–Kier alpha value is -0.120. The van der Waals surface area contributed by atoms with Gasteiger partial charge < -0.3 is 4.74 Å². The van der Waals surface area contributed by atoms with Crippen LogP contribution in [0.3, 0.4) is 0 Å². The van der Waals surface area contributed by atoms with Crippen molar-refractivity contribution in [3.63, 3.8) is 0 Å². The van der Waals surface area contributed by atoms with E-state index in [0.717, 1.165) is 12.8 Å². The summed E-state index contributed by atoms with van der Waals surface area (Å²) in [7, 11) is 3.15. The lowest BCUT2D eigenvalue weighted by atomic mass is 10.1. The molecule has 0 aliphatic rings. The molecule has 0 aromatic carbocycles. The SMILES string of the molecule is CCCCCCCCC(OC)OOC. The van der Waals surface area contributed by atoms with Crippen LogP contribution in [0.15, 0.2) is 0 Å². The zero-order valence-corrected chi connectivity index (χ0v) is 9.75. The molecule has 0 saturated carbocycles. The quantitative estimate of drug-likeness (QED) is 0.236. The van der Waals surface area contributed by atoms with Gasteiger partial charge in [-0.3, -0.25) is 0 Å². The van der Waals surface area contributed by atoms with Crippen LogP contribution < -0.4 is 0 Å². The fourth-order valence-electron chi connectivity index (χ4n) is 1.40. The van der Waals surface area contributed by atoms with Crippen molar-refractivity contribution in [1.29, 1.82) is 0 Å². The van der Waals surface area contributed by atoms with Gasteiger partial charge in [-0.1, -0.05) is 39.0 Å². The van der Waals surface area contributed by atoms with Crippen molar-refractivity contribution in [2.75, 3.05) is 14.2 Å². The van der Waals surface area contributed by atoms with E-state index in [1.807, 2.05) is 0 Å². The first-order valence-corrected chi connectivity index (χ1v) is 5.57. The van der Waals surface area contributed by atoms with Crippen LogP contribution in [-0.4, -0.2) is 20.5 Å². The van der Waals surface area contributed by atoms with Crippen LogP contribution in [0.25, 0.3) is 0 Å². The molecule has 0 heterocycles. The van der Waals surface area contributed by atoms with Crippen molar-refractivity contribution in [3.8, 4) is 0 Å². The Morgan fingerprint density at radius 3 is 2.14 bits per heavy atom. The summed E-state index contributed by atoms with van der Waals surface area (Å²) in [6.45, 7) is 2.23. The molecule has 1 unspecified atom stereocenters. The van der Waals surface area contributed by atoms with E-state index in [0.29, 0.717) is 0 Å². The van der Waals surface area contributed by atoms with Crippen LogP contribution in [0.2, 0.25) is 0 Å². The van der Waals surface area contributed by atoms with Crippen molar-refractivity contribution in [1.82, 2.24) is 0 Å². The molecule has 0 spiro atoms. The summed E-state index contributed by atoms with van der Waals surface area (Å²) in [6, 6.07) is 0. The van der Waals surface area contributed by atoms with Gasteiger partial charge in [-0.15, -0.1) is 0 Å². The second-order valence-corrected chi connectivity index (χ2v) is 3.48. The molecular weight excluding hydrogens is 180 g/mol. The van der Waals surface area contributed by atoms with Gasteiger partial charge in [0.1, 0.15) is 0 Å². The Balaban J connectivity index is 3.15. The third kappa shape index (κ3) is 8.48. The Kier molecular flexibility index (Phi) is 10.9. The Labute approximate surface area is 87.7 Å². The van der Waals surface area contributed by atoms with Crippen molar-refractivity contribution in [2.24, 2.45) is 0 Å². The highest BCUT2D eigenvalue weighted by Crippen LogP contribution is 2.10. The van der Waals surface area contributed by atoms with Crippen LogP contribution in [0.5, 0.6) is 0 Å². The molecule has 0 aromatic heterocycles. The van der Waals surface area contributed by atoms with Gasteiger partial charge in [-0.2, -0.15) is 0 Å². The van der Waals surface area contributed by atoms with Crippen molar-refractivity contribution in [3.05, 3.63) is 0 Å². The number of ether oxygens (including phenoxy) is 1. The number of unbranched alkanes of at least 4 members (excludes halogenated alkanes) is 5. The van der Waals surface area contributed by atoms with Gasteiger partial charge in [0, 0.05) is 13.5 Å². The molecule has 0 radical (unpaired) electrons. The molecule has 0 N–H and O–H groups in total. The van der Waals surface area contributed by atoms with E-state index in [1.54, 1.807) is 7.11 Å². The fourth-order valence-corrected chi connectivity index (χ4v) is 1.40. The number of methoxy groups -OCH3 is 1. The second-order valence-electron chi connectivity index (χ2n) is 3.48. The van der Waals surface area contributed by atoms with E-state index >= 15 is 0 Å². The summed E-state index contributed by atoms with van der Waals surface area (Å²) >= 11 is 0. The van der Waals surface area contributed by atoms with Crippen molar-refractivity contribution < 1.29 is 14.5 Å². The molecular formula is C11H24O3. The van der Waals surface area contributed by atoms with Crippen LogP contribution in [0.4, 0.5) is 0 Å². The van der Waals surface area contributed by atoms with Crippen molar-refractivity contribution in [2.45, 2.75) is 58.2 Å². The Morgan fingerprint density at radius 2 is 1.57 bits per heavy atom. The third-order valence-electron chi connectivity index (χ3n) is 2.26. The number of hydrogen-bond acceptors (Lipinski definition) is 3. The van der Waals surface area contributed by atoms with Gasteiger partial charge in [0.15, 0.2) is 6.29 Å². The molecule has 0 rings (SSSR count). The molecule has 0 bridgehead atoms. The first-order valence-electron chi connectivity index (χ1n) is 5.57. The lowest BCUT2D eigenvalue weighted by molar-refractivity contribution is -0.360.